The van der Waals surface area contributed by atoms with Crippen LogP contribution in [0.5, 0.6) is 0 Å². The van der Waals surface area contributed by atoms with Gasteiger partial charge in [0.25, 0.3) is 0 Å². The molecule has 0 aliphatic heterocycles. The lowest BCUT2D eigenvalue weighted by Crippen LogP contribution is -1.94. The van der Waals surface area contributed by atoms with Gasteiger partial charge in [-0.2, -0.15) is 0 Å². The summed E-state index contributed by atoms with van der Waals surface area (Å²) in [4.78, 5) is 16.9. The van der Waals surface area contributed by atoms with E-state index in [1.807, 2.05) is 30.6 Å². The van der Waals surface area contributed by atoms with Crippen LogP contribution in [0.1, 0.15) is 24.5 Å². The Morgan fingerprint density at radius 1 is 0.913 bits per heavy atom. The van der Waals surface area contributed by atoms with Crippen molar-refractivity contribution in [3.63, 3.8) is 0 Å². The van der Waals surface area contributed by atoms with E-state index in [2.05, 4.69) is 26.0 Å². The van der Waals surface area contributed by atoms with Gasteiger partial charge in [0.2, 0.25) is 0 Å². The van der Waals surface area contributed by atoms with Crippen molar-refractivity contribution in [1.82, 2.24) is 19.9 Å². The van der Waals surface area contributed by atoms with E-state index in [9.17, 15) is 0 Å². The third-order valence-corrected chi connectivity index (χ3v) is 4.54. The first-order valence-corrected chi connectivity index (χ1v) is 7.79. The summed E-state index contributed by atoms with van der Waals surface area (Å²) in [5.41, 5.74) is 10.3. The lowest BCUT2D eigenvalue weighted by Gasteiger charge is -2.08. The van der Waals surface area contributed by atoms with E-state index in [1.165, 1.54) is 18.5 Å². The number of hydrogen-bond acceptors (Lipinski definition) is 4. The van der Waals surface area contributed by atoms with E-state index in [0.717, 1.165) is 33.1 Å². The minimum Gasteiger partial charge on any atom is -0.383 e. The summed E-state index contributed by atoms with van der Waals surface area (Å²) in [7, 11) is 0. The molecule has 3 N–H and O–H groups in total. The molecule has 0 amide bonds. The van der Waals surface area contributed by atoms with E-state index in [0.29, 0.717) is 11.7 Å². The van der Waals surface area contributed by atoms with E-state index in [1.54, 1.807) is 6.20 Å². The minimum absolute atomic E-state index is 0.539. The maximum atomic E-state index is 6.04. The lowest BCUT2D eigenvalue weighted by atomic mass is 10.0. The molecule has 4 aromatic rings. The van der Waals surface area contributed by atoms with E-state index < -0.39 is 0 Å². The Hall–Kier alpha value is -2.95. The van der Waals surface area contributed by atoms with Gasteiger partial charge < -0.3 is 10.7 Å². The maximum Gasteiger partial charge on any atom is 0.138 e. The Balaban J connectivity index is 1.91. The van der Waals surface area contributed by atoms with Crippen molar-refractivity contribution in [3.8, 4) is 11.3 Å². The molecule has 23 heavy (non-hydrogen) atoms. The first-order chi connectivity index (χ1) is 11.3. The number of nitrogens with zero attached hydrogens (tertiary/aromatic N) is 3. The average molecular weight is 301 g/mol. The summed E-state index contributed by atoms with van der Waals surface area (Å²) in [5.74, 6) is 1.12. The number of aromatic amines is 1. The summed E-state index contributed by atoms with van der Waals surface area (Å²) < 4.78 is 0. The average Bonchev–Trinajstić information content (AvgIpc) is 3.35. The number of hydrogen-bond donors (Lipinski definition) is 2. The van der Waals surface area contributed by atoms with E-state index in [-0.39, 0.29) is 0 Å². The molecule has 0 aromatic carbocycles. The number of rotatable bonds is 2. The van der Waals surface area contributed by atoms with Crippen LogP contribution in [0.4, 0.5) is 5.82 Å². The maximum absolute atomic E-state index is 6.04. The van der Waals surface area contributed by atoms with Crippen molar-refractivity contribution in [3.05, 3.63) is 48.5 Å². The Bertz CT molecular complexity index is 1050. The molecule has 112 valence electrons. The number of anilines is 1. The van der Waals surface area contributed by atoms with Crippen LogP contribution in [0, 0.1) is 0 Å². The topological polar surface area (TPSA) is 80.5 Å². The highest BCUT2D eigenvalue weighted by Gasteiger charge is 2.30. The second kappa shape index (κ2) is 4.52. The fourth-order valence-corrected chi connectivity index (χ4v) is 3.30. The summed E-state index contributed by atoms with van der Waals surface area (Å²) in [6.07, 6.45) is 7.80. The van der Waals surface area contributed by atoms with Crippen molar-refractivity contribution < 1.29 is 0 Å². The molecular formula is C18H15N5. The molecule has 5 rings (SSSR count). The van der Waals surface area contributed by atoms with Gasteiger partial charge in [-0.05, 0) is 43.0 Å². The predicted octanol–water partition coefficient (Wildman–Crippen LogP) is 3.63. The molecule has 1 aliphatic carbocycles. The Morgan fingerprint density at radius 3 is 2.61 bits per heavy atom. The molecule has 5 heteroatoms. The molecule has 1 fully saturated rings. The molecule has 0 saturated heterocycles. The normalized spacial score (nSPS) is 14.6. The van der Waals surface area contributed by atoms with E-state index >= 15 is 0 Å². The van der Waals surface area contributed by atoms with Gasteiger partial charge in [0, 0.05) is 46.0 Å². The first-order valence-electron chi connectivity index (χ1n) is 7.79. The number of H-pyrrole nitrogens is 1. The first kappa shape index (κ1) is 12.6. The van der Waals surface area contributed by atoms with Crippen LogP contribution in [0.3, 0.4) is 0 Å². The van der Waals surface area contributed by atoms with Gasteiger partial charge in [0.05, 0.1) is 5.69 Å². The zero-order valence-corrected chi connectivity index (χ0v) is 12.5. The molecule has 0 unspecified atom stereocenters. The van der Waals surface area contributed by atoms with Gasteiger partial charge in [-0.3, -0.25) is 4.98 Å². The van der Waals surface area contributed by atoms with Crippen molar-refractivity contribution >= 4 is 27.6 Å². The van der Waals surface area contributed by atoms with Gasteiger partial charge in [0.1, 0.15) is 11.5 Å². The molecule has 4 heterocycles. The highest BCUT2D eigenvalue weighted by molar-refractivity contribution is 6.06. The summed E-state index contributed by atoms with van der Waals surface area (Å²) in [6, 6.07) is 7.98. The van der Waals surface area contributed by atoms with Crippen LogP contribution in [0.2, 0.25) is 0 Å². The van der Waals surface area contributed by atoms with Crippen molar-refractivity contribution in [2.24, 2.45) is 0 Å². The minimum atomic E-state index is 0.539. The largest absolute Gasteiger partial charge is 0.383 e. The highest BCUT2D eigenvalue weighted by Crippen LogP contribution is 2.47. The molecular weight excluding hydrogens is 286 g/mol. The number of nitrogens with two attached hydrogens (primary N) is 1. The third-order valence-electron chi connectivity index (χ3n) is 4.54. The standard InChI is InChI=1S/C18H15N5/c19-17-12-6-8-20-16(11(12)5-9-21-17)14-13-2-1-7-22-18(13)23-15(14)10-3-4-10/h1-2,5-10H,3-4H2,(H2,19,21)(H,22,23). The molecule has 0 spiro atoms. The summed E-state index contributed by atoms with van der Waals surface area (Å²) in [6.45, 7) is 0. The highest BCUT2D eigenvalue weighted by atomic mass is 14.9. The summed E-state index contributed by atoms with van der Waals surface area (Å²) in [5, 5.41) is 3.09. The van der Waals surface area contributed by atoms with Gasteiger partial charge in [0.15, 0.2) is 0 Å². The van der Waals surface area contributed by atoms with Crippen LogP contribution in [-0.4, -0.2) is 19.9 Å². The summed E-state index contributed by atoms with van der Waals surface area (Å²) >= 11 is 0. The molecule has 4 aromatic heterocycles. The van der Waals surface area contributed by atoms with Gasteiger partial charge in [-0.1, -0.05) is 0 Å². The van der Waals surface area contributed by atoms with Crippen LogP contribution < -0.4 is 5.73 Å². The second-order valence-corrected chi connectivity index (χ2v) is 6.04. The molecule has 1 aliphatic rings. The van der Waals surface area contributed by atoms with Crippen LogP contribution in [0.25, 0.3) is 33.1 Å². The fourth-order valence-electron chi connectivity index (χ4n) is 3.30. The van der Waals surface area contributed by atoms with Gasteiger partial charge >= 0.3 is 0 Å². The zero-order chi connectivity index (χ0) is 15.4. The quantitative estimate of drug-likeness (QED) is 0.592. The van der Waals surface area contributed by atoms with Crippen LogP contribution >= 0.6 is 0 Å². The molecule has 5 nitrogen and oxygen atoms in total. The van der Waals surface area contributed by atoms with Gasteiger partial charge in [-0.15, -0.1) is 0 Å². The van der Waals surface area contributed by atoms with Gasteiger partial charge in [-0.25, -0.2) is 9.97 Å². The van der Waals surface area contributed by atoms with Crippen LogP contribution in [0.15, 0.2) is 42.9 Å². The van der Waals surface area contributed by atoms with Crippen molar-refractivity contribution in [2.45, 2.75) is 18.8 Å². The molecule has 0 radical (unpaired) electrons. The predicted molar refractivity (Wildman–Crippen MR) is 91.0 cm³/mol. The monoisotopic (exact) mass is 301 g/mol. The number of nitrogens with one attached hydrogen (secondary N) is 1. The zero-order valence-electron chi connectivity index (χ0n) is 12.5. The van der Waals surface area contributed by atoms with Crippen molar-refractivity contribution in [2.75, 3.05) is 5.73 Å². The Morgan fingerprint density at radius 2 is 1.74 bits per heavy atom. The third kappa shape index (κ3) is 1.83. The van der Waals surface area contributed by atoms with Crippen LogP contribution in [-0.2, 0) is 0 Å². The molecule has 1 saturated carbocycles. The number of aromatic nitrogens is 4. The smallest absolute Gasteiger partial charge is 0.138 e. The number of fused-ring (bicyclic) bond motifs is 2. The fraction of sp³-hybridized carbons (Fsp3) is 0.167. The Kier molecular flexibility index (Phi) is 2.47. The number of nitrogen functional groups attached to an aromatic ring is 1. The number of pyridine rings is 3. The molecule has 0 atom stereocenters. The SMILES string of the molecule is Nc1nccc2c(-c3c(C4CC4)[nH]c4ncccc34)nccc12. The Labute approximate surface area is 132 Å². The van der Waals surface area contributed by atoms with E-state index in [4.69, 9.17) is 5.73 Å². The van der Waals surface area contributed by atoms with Crippen molar-refractivity contribution in [1.29, 1.82) is 0 Å². The molecule has 0 bridgehead atoms. The lowest BCUT2D eigenvalue weighted by molar-refractivity contribution is 1.05. The second-order valence-electron chi connectivity index (χ2n) is 6.04.